The predicted octanol–water partition coefficient (Wildman–Crippen LogP) is 11.0. The lowest BCUT2D eigenvalue weighted by atomic mass is 10.1. The molecular weight excluding hydrogens is 627 g/mol. The molecule has 0 aliphatic heterocycles. The van der Waals surface area contributed by atoms with Crippen LogP contribution in [0.4, 0.5) is 0 Å². The minimum Gasteiger partial charge on any atom is -0.462 e. The van der Waals surface area contributed by atoms with E-state index in [2.05, 4.69) is 79.1 Å². The van der Waals surface area contributed by atoms with E-state index in [0.29, 0.717) is 12.8 Å². The summed E-state index contributed by atoms with van der Waals surface area (Å²) in [5.41, 5.74) is 0. The highest BCUT2D eigenvalue weighted by atomic mass is 31.2. The maximum atomic E-state index is 12.3. The maximum absolute atomic E-state index is 12.3. The SMILES string of the molecule is CCCCC/C=C/C/C=C/C/C=C/CCCCC(=O)O[C@H](COC(=O)CCCCCCC/C=C/C=C/CCCCCC)COP(=O)(O)O. The van der Waals surface area contributed by atoms with Gasteiger partial charge in [-0.15, -0.1) is 0 Å². The fraction of sp³-hybridized carbons (Fsp3) is 0.692. The lowest BCUT2D eigenvalue weighted by molar-refractivity contribution is -0.161. The first-order chi connectivity index (χ1) is 23.3. The van der Waals surface area contributed by atoms with Gasteiger partial charge in [-0.2, -0.15) is 0 Å². The first-order valence-corrected chi connectivity index (χ1v) is 20.1. The molecule has 0 amide bonds. The van der Waals surface area contributed by atoms with E-state index in [-0.39, 0.29) is 19.4 Å². The summed E-state index contributed by atoms with van der Waals surface area (Å²) in [6, 6.07) is 0. The molecular formula is C39H67O8P. The van der Waals surface area contributed by atoms with Crippen LogP contribution in [-0.2, 0) is 28.2 Å². The number of unbranched alkanes of at least 4 members (excludes halogenated alkanes) is 14. The molecule has 0 aromatic rings. The number of phosphoric acid groups is 1. The second-order valence-electron chi connectivity index (χ2n) is 12.2. The van der Waals surface area contributed by atoms with Crippen LogP contribution in [-0.4, -0.2) is 41.0 Å². The molecule has 0 unspecified atom stereocenters. The summed E-state index contributed by atoms with van der Waals surface area (Å²) in [4.78, 5) is 42.6. The van der Waals surface area contributed by atoms with Gasteiger partial charge in [0.2, 0.25) is 0 Å². The van der Waals surface area contributed by atoms with Crippen LogP contribution < -0.4 is 0 Å². The Balaban J connectivity index is 4.09. The highest BCUT2D eigenvalue weighted by molar-refractivity contribution is 7.46. The van der Waals surface area contributed by atoms with Gasteiger partial charge in [0.1, 0.15) is 6.61 Å². The summed E-state index contributed by atoms with van der Waals surface area (Å²) < 4.78 is 26.2. The molecule has 0 heterocycles. The zero-order valence-corrected chi connectivity index (χ0v) is 31.0. The minimum absolute atomic E-state index is 0.157. The van der Waals surface area contributed by atoms with Gasteiger partial charge >= 0.3 is 19.8 Å². The van der Waals surface area contributed by atoms with Crippen LogP contribution in [0.3, 0.4) is 0 Å². The average molecular weight is 695 g/mol. The van der Waals surface area contributed by atoms with Crippen LogP contribution in [0.2, 0.25) is 0 Å². The van der Waals surface area contributed by atoms with E-state index in [1.54, 1.807) is 0 Å². The molecule has 2 N–H and O–H groups in total. The van der Waals surface area contributed by atoms with Crippen molar-refractivity contribution in [2.24, 2.45) is 0 Å². The van der Waals surface area contributed by atoms with Crippen molar-refractivity contribution in [1.29, 1.82) is 0 Å². The Morgan fingerprint density at radius 3 is 1.60 bits per heavy atom. The molecule has 1 atom stereocenters. The Morgan fingerprint density at radius 2 is 1.00 bits per heavy atom. The molecule has 0 aliphatic carbocycles. The fourth-order valence-corrected chi connectivity index (χ4v) is 5.08. The first-order valence-electron chi connectivity index (χ1n) is 18.6. The highest BCUT2D eigenvalue weighted by Crippen LogP contribution is 2.35. The Hall–Kier alpha value is -2.25. The highest BCUT2D eigenvalue weighted by Gasteiger charge is 2.22. The summed E-state index contributed by atoms with van der Waals surface area (Å²) in [5, 5.41) is 0. The number of hydrogen-bond donors (Lipinski definition) is 2. The number of hydrogen-bond acceptors (Lipinski definition) is 6. The topological polar surface area (TPSA) is 119 Å². The molecule has 8 nitrogen and oxygen atoms in total. The fourth-order valence-electron chi connectivity index (χ4n) is 4.72. The average Bonchev–Trinajstić information content (AvgIpc) is 3.05. The number of carbonyl (C=O) groups is 2. The van der Waals surface area contributed by atoms with Crippen LogP contribution in [0.25, 0.3) is 0 Å². The van der Waals surface area contributed by atoms with Gasteiger partial charge in [-0.05, 0) is 77.0 Å². The summed E-state index contributed by atoms with van der Waals surface area (Å²) >= 11 is 0. The molecule has 0 saturated heterocycles. The number of esters is 2. The third kappa shape index (κ3) is 36.6. The minimum atomic E-state index is -4.77. The molecule has 0 bridgehead atoms. The molecule has 48 heavy (non-hydrogen) atoms. The van der Waals surface area contributed by atoms with Gasteiger partial charge < -0.3 is 19.3 Å². The molecule has 0 aliphatic rings. The molecule has 0 fully saturated rings. The summed E-state index contributed by atoms with van der Waals surface area (Å²) in [6.45, 7) is 3.57. The van der Waals surface area contributed by atoms with Crippen molar-refractivity contribution in [3.05, 3.63) is 60.8 Å². The standard InChI is InChI=1S/C39H67O8P/c1-3-5-7-9-11-13-15-17-19-21-23-25-27-29-31-33-38(40)45-35-37(36-46-48(42,43)44)47-39(41)34-32-30-28-26-24-22-20-18-16-14-12-10-8-6-4-2/h12-15,17-20,24,26,37H,3-11,16,21-23,25,27-36H2,1-2H3,(H2,42,43,44)/b14-12+,15-13+,19-17+,20-18+,26-24+/t37-/m1/s1. The van der Waals surface area contributed by atoms with E-state index >= 15 is 0 Å². The van der Waals surface area contributed by atoms with Gasteiger partial charge in [-0.25, -0.2) is 4.57 Å². The molecule has 9 heteroatoms. The van der Waals surface area contributed by atoms with Gasteiger partial charge in [-0.3, -0.25) is 14.1 Å². The van der Waals surface area contributed by atoms with Gasteiger partial charge in [-0.1, -0.05) is 126 Å². The quantitative estimate of drug-likeness (QED) is 0.0229. The normalized spacial score (nSPS) is 13.2. The summed E-state index contributed by atoms with van der Waals surface area (Å²) in [5.74, 6) is -0.953. The number of allylic oxidation sites excluding steroid dienone is 10. The first kappa shape index (κ1) is 45.8. The van der Waals surface area contributed by atoms with Crippen LogP contribution in [0.5, 0.6) is 0 Å². The largest absolute Gasteiger partial charge is 0.469 e. The van der Waals surface area contributed by atoms with Crippen molar-refractivity contribution in [2.45, 2.75) is 161 Å². The van der Waals surface area contributed by atoms with E-state index in [1.807, 2.05) is 0 Å². The molecule has 0 rings (SSSR count). The van der Waals surface area contributed by atoms with E-state index in [0.717, 1.165) is 70.6 Å². The van der Waals surface area contributed by atoms with Crippen LogP contribution in [0, 0.1) is 0 Å². The van der Waals surface area contributed by atoms with E-state index in [1.165, 1.54) is 44.9 Å². The van der Waals surface area contributed by atoms with Gasteiger partial charge in [0.25, 0.3) is 0 Å². The second kappa shape index (κ2) is 34.6. The number of carbonyl (C=O) groups excluding carboxylic acids is 2. The Morgan fingerprint density at radius 1 is 0.562 bits per heavy atom. The summed E-state index contributed by atoms with van der Waals surface area (Å²) in [7, 11) is -4.77. The van der Waals surface area contributed by atoms with Gasteiger partial charge in [0.05, 0.1) is 6.61 Å². The van der Waals surface area contributed by atoms with Crippen molar-refractivity contribution < 1.29 is 37.9 Å². The molecule has 276 valence electrons. The molecule has 0 aromatic carbocycles. The van der Waals surface area contributed by atoms with Crippen LogP contribution >= 0.6 is 7.82 Å². The number of ether oxygens (including phenoxy) is 2. The van der Waals surface area contributed by atoms with E-state index in [4.69, 9.17) is 19.3 Å². The molecule has 0 radical (unpaired) electrons. The predicted molar refractivity (Wildman–Crippen MR) is 197 cm³/mol. The lowest BCUT2D eigenvalue weighted by Crippen LogP contribution is -2.29. The number of phosphoric ester groups is 1. The van der Waals surface area contributed by atoms with Crippen LogP contribution in [0.15, 0.2) is 60.8 Å². The van der Waals surface area contributed by atoms with Gasteiger partial charge in [0, 0.05) is 12.8 Å². The third-order valence-electron chi connectivity index (χ3n) is 7.54. The van der Waals surface area contributed by atoms with Crippen molar-refractivity contribution >= 4 is 19.8 Å². The monoisotopic (exact) mass is 694 g/mol. The Bertz CT molecular complexity index is 963. The summed E-state index contributed by atoms with van der Waals surface area (Å²) in [6.07, 6.45) is 42.2. The van der Waals surface area contributed by atoms with E-state index in [9.17, 15) is 14.2 Å². The Labute approximate surface area is 292 Å². The van der Waals surface area contributed by atoms with Crippen LogP contribution in [0.1, 0.15) is 155 Å². The van der Waals surface area contributed by atoms with Crippen molar-refractivity contribution in [2.75, 3.05) is 13.2 Å². The van der Waals surface area contributed by atoms with E-state index < -0.39 is 32.5 Å². The molecule has 0 spiro atoms. The zero-order chi connectivity index (χ0) is 35.4. The second-order valence-corrected chi connectivity index (χ2v) is 13.5. The van der Waals surface area contributed by atoms with Crippen molar-refractivity contribution in [3.8, 4) is 0 Å². The lowest BCUT2D eigenvalue weighted by Gasteiger charge is -2.18. The van der Waals surface area contributed by atoms with Crippen molar-refractivity contribution in [3.63, 3.8) is 0 Å². The molecule has 0 saturated carbocycles. The smallest absolute Gasteiger partial charge is 0.462 e. The maximum Gasteiger partial charge on any atom is 0.469 e. The third-order valence-corrected chi connectivity index (χ3v) is 8.02. The number of rotatable bonds is 33. The zero-order valence-electron chi connectivity index (χ0n) is 30.1. The van der Waals surface area contributed by atoms with Crippen molar-refractivity contribution in [1.82, 2.24) is 0 Å². The molecule has 0 aromatic heterocycles. The Kier molecular flexibility index (Phi) is 33.0. The van der Waals surface area contributed by atoms with Gasteiger partial charge in [0.15, 0.2) is 6.10 Å².